The highest BCUT2D eigenvalue weighted by molar-refractivity contribution is 7.89. The lowest BCUT2D eigenvalue weighted by Crippen LogP contribution is -2.51. The molecule has 184 valence electrons. The molecule has 8 heteroatoms. The maximum absolute atomic E-state index is 13.3. The number of nitrogens with zero attached hydrogens (tertiary/aromatic N) is 1. The van der Waals surface area contributed by atoms with Crippen LogP contribution in [-0.4, -0.2) is 43.2 Å². The standard InChI is InChI=1S/C26H35N3O4S/c1-3-24(30)27-22-8-9-29(17(2)10-22)34(32,33)23-6-4-21(5-7-23)28-25(31)26-14-18-11-19(15-26)13-20(12-18)16-26/h3-7,17-20,22H,1,8-16H2,2H3,(H,27,30)(H,28,31). The zero-order valence-electron chi connectivity index (χ0n) is 19.8. The average Bonchev–Trinajstić information content (AvgIpc) is 2.78. The van der Waals surface area contributed by atoms with E-state index in [4.69, 9.17) is 0 Å². The van der Waals surface area contributed by atoms with E-state index in [1.807, 2.05) is 6.92 Å². The molecular formula is C26H35N3O4S. The van der Waals surface area contributed by atoms with Crippen LogP contribution in [0.25, 0.3) is 0 Å². The molecule has 7 nitrogen and oxygen atoms in total. The minimum absolute atomic E-state index is 0.0610. The lowest BCUT2D eigenvalue weighted by atomic mass is 9.49. The number of hydrogen-bond acceptors (Lipinski definition) is 4. The summed E-state index contributed by atoms with van der Waals surface area (Å²) in [5.41, 5.74) is 0.416. The predicted octanol–water partition coefficient (Wildman–Crippen LogP) is 3.69. The number of hydrogen-bond donors (Lipinski definition) is 2. The second kappa shape index (κ2) is 8.79. The van der Waals surface area contributed by atoms with Crippen LogP contribution in [0.1, 0.15) is 58.3 Å². The van der Waals surface area contributed by atoms with Crippen molar-refractivity contribution in [3.8, 4) is 0 Å². The zero-order chi connectivity index (χ0) is 24.1. The largest absolute Gasteiger partial charge is 0.350 e. The van der Waals surface area contributed by atoms with Crippen molar-refractivity contribution in [3.05, 3.63) is 36.9 Å². The number of sulfonamides is 1. The first kappa shape index (κ1) is 23.5. The Kier molecular flexibility index (Phi) is 6.09. The molecule has 4 saturated carbocycles. The zero-order valence-corrected chi connectivity index (χ0v) is 20.6. The number of rotatable bonds is 6. The summed E-state index contributed by atoms with van der Waals surface area (Å²) in [4.78, 5) is 25.1. The Morgan fingerprint density at radius 2 is 1.62 bits per heavy atom. The SMILES string of the molecule is C=CC(=O)NC1CCN(S(=O)(=O)c2ccc(NC(=O)C34CC5CC(CC(C5)C3)C4)cc2)C(C)C1. The molecule has 0 aromatic heterocycles. The summed E-state index contributed by atoms with van der Waals surface area (Å²) < 4.78 is 28.1. The number of benzene rings is 1. The molecule has 34 heavy (non-hydrogen) atoms. The molecular weight excluding hydrogens is 450 g/mol. The van der Waals surface area contributed by atoms with Gasteiger partial charge in [0.2, 0.25) is 21.8 Å². The normalized spacial score (nSPS) is 35.0. The Labute approximate surface area is 202 Å². The van der Waals surface area contributed by atoms with Crippen LogP contribution in [0.5, 0.6) is 0 Å². The molecule has 4 aliphatic carbocycles. The van der Waals surface area contributed by atoms with Crippen molar-refractivity contribution in [2.75, 3.05) is 11.9 Å². The van der Waals surface area contributed by atoms with Crippen LogP contribution in [0, 0.1) is 23.2 Å². The van der Waals surface area contributed by atoms with Gasteiger partial charge in [-0.05, 0) is 106 Å². The van der Waals surface area contributed by atoms with Gasteiger partial charge in [0.05, 0.1) is 10.3 Å². The summed E-state index contributed by atoms with van der Waals surface area (Å²) in [6.45, 7) is 5.67. The van der Waals surface area contributed by atoms with Crippen LogP contribution in [0.3, 0.4) is 0 Å². The van der Waals surface area contributed by atoms with E-state index in [0.717, 1.165) is 19.3 Å². The average molecular weight is 486 g/mol. The fourth-order valence-electron chi connectivity index (χ4n) is 7.40. The molecule has 1 aromatic rings. The first-order valence-electron chi connectivity index (χ1n) is 12.5. The van der Waals surface area contributed by atoms with E-state index in [2.05, 4.69) is 17.2 Å². The third-order valence-corrected chi connectivity index (χ3v) is 10.6. The Balaban J connectivity index is 1.24. The Morgan fingerprint density at radius 1 is 1.03 bits per heavy atom. The van der Waals surface area contributed by atoms with Gasteiger partial charge in [0.15, 0.2) is 0 Å². The lowest BCUT2D eigenvalue weighted by Gasteiger charge is -2.55. The van der Waals surface area contributed by atoms with E-state index < -0.39 is 10.0 Å². The van der Waals surface area contributed by atoms with Gasteiger partial charge in [0, 0.05) is 24.3 Å². The fraction of sp³-hybridized carbons (Fsp3) is 0.615. The summed E-state index contributed by atoms with van der Waals surface area (Å²) in [7, 11) is -3.66. The summed E-state index contributed by atoms with van der Waals surface area (Å²) in [5, 5.41) is 5.96. The molecule has 2 N–H and O–H groups in total. The molecule has 6 rings (SSSR count). The van der Waals surface area contributed by atoms with E-state index in [1.54, 1.807) is 24.3 Å². The van der Waals surface area contributed by atoms with Gasteiger partial charge >= 0.3 is 0 Å². The van der Waals surface area contributed by atoms with E-state index in [1.165, 1.54) is 29.6 Å². The van der Waals surface area contributed by atoms with E-state index in [-0.39, 0.29) is 34.2 Å². The minimum Gasteiger partial charge on any atom is -0.350 e. The Bertz CT molecular complexity index is 1050. The highest BCUT2D eigenvalue weighted by Gasteiger charge is 2.54. The number of anilines is 1. The highest BCUT2D eigenvalue weighted by atomic mass is 32.2. The monoisotopic (exact) mass is 485 g/mol. The summed E-state index contributed by atoms with van der Waals surface area (Å²) >= 11 is 0. The van der Waals surface area contributed by atoms with Crippen molar-refractivity contribution in [2.45, 2.75) is 75.3 Å². The predicted molar refractivity (Wildman–Crippen MR) is 130 cm³/mol. The van der Waals surface area contributed by atoms with Crippen molar-refractivity contribution in [2.24, 2.45) is 23.2 Å². The first-order valence-corrected chi connectivity index (χ1v) is 14.0. The number of amides is 2. The van der Waals surface area contributed by atoms with E-state index in [0.29, 0.717) is 42.8 Å². The van der Waals surface area contributed by atoms with Crippen LogP contribution in [-0.2, 0) is 19.6 Å². The van der Waals surface area contributed by atoms with Crippen LogP contribution < -0.4 is 10.6 Å². The third kappa shape index (κ3) is 4.31. The minimum atomic E-state index is -3.66. The van der Waals surface area contributed by atoms with Gasteiger partial charge in [-0.25, -0.2) is 8.42 Å². The third-order valence-electron chi connectivity index (χ3n) is 8.59. The van der Waals surface area contributed by atoms with Crippen molar-refractivity contribution >= 4 is 27.5 Å². The van der Waals surface area contributed by atoms with Gasteiger partial charge < -0.3 is 10.6 Å². The smallest absolute Gasteiger partial charge is 0.243 e. The molecule has 0 radical (unpaired) electrons. The molecule has 1 heterocycles. The molecule has 5 fully saturated rings. The summed E-state index contributed by atoms with van der Waals surface area (Å²) in [6, 6.07) is 6.28. The van der Waals surface area contributed by atoms with Crippen LogP contribution in [0.15, 0.2) is 41.8 Å². The second-order valence-corrected chi connectivity index (χ2v) is 13.0. The van der Waals surface area contributed by atoms with Gasteiger partial charge in [0.1, 0.15) is 0 Å². The molecule has 4 bridgehead atoms. The molecule has 2 amide bonds. The maximum atomic E-state index is 13.3. The summed E-state index contributed by atoms with van der Waals surface area (Å²) in [5.74, 6) is 1.96. The van der Waals surface area contributed by atoms with E-state index in [9.17, 15) is 18.0 Å². The molecule has 2 unspecified atom stereocenters. The molecule has 2 atom stereocenters. The quantitative estimate of drug-likeness (QED) is 0.601. The lowest BCUT2D eigenvalue weighted by molar-refractivity contribution is -0.140. The van der Waals surface area contributed by atoms with Crippen molar-refractivity contribution < 1.29 is 18.0 Å². The van der Waals surface area contributed by atoms with Gasteiger partial charge in [-0.15, -0.1) is 0 Å². The molecule has 1 aliphatic heterocycles. The molecule has 1 saturated heterocycles. The van der Waals surface area contributed by atoms with Gasteiger partial charge in [-0.3, -0.25) is 9.59 Å². The Hall–Kier alpha value is -2.19. The number of carbonyl (C=O) groups excluding carboxylic acids is 2. The maximum Gasteiger partial charge on any atom is 0.243 e. The van der Waals surface area contributed by atoms with Crippen molar-refractivity contribution in [3.63, 3.8) is 0 Å². The van der Waals surface area contributed by atoms with Gasteiger partial charge in [-0.2, -0.15) is 4.31 Å². The first-order chi connectivity index (χ1) is 16.2. The molecule has 0 spiro atoms. The van der Waals surface area contributed by atoms with Crippen LogP contribution >= 0.6 is 0 Å². The number of nitrogens with one attached hydrogen (secondary N) is 2. The highest BCUT2D eigenvalue weighted by Crippen LogP contribution is 2.60. The molecule has 5 aliphatic rings. The van der Waals surface area contributed by atoms with Crippen molar-refractivity contribution in [1.82, 2.24) is 9.62 Å². The molecule has 1 aromatic carbocycles. The Morgan fingerprint density at radius 3 is 2.15 bits per heavy atom. The van der Waals surface area contributed by atoms with Gasteiger partial charge in [0.25, 0.3) is 0 Å². The van der Waals surface area contributed by atoms with Gasteiger partial charge in [-0.1, -0.05) is 6.58 Å². The fourth-order valence-corrected chi connectivity index (χ4v) is 9.05. The number of carbonyl (C=O) groups is 2. The van der Waals surface area contributed by atoms with E-state index >= 15 is 0 Å². The number of piperidine rings is 1. The second-order valence-electron chi connectivity index (χ2n) is 11.1. The topological polar surface area (TPSA) is 95.6 Å². The van der Waals surface area contributed by atoms with Crippen LogP contribution in [0.4, 0.5) is 5.69 Å². The van der Waals surface area contributed by atoms with Crippen molar-refractivity contribution in [1.29, 1.82) is 0 Å². The van der Waals surface area contributed by atoms with Crippen LogP contribution in [0.2, 0.25) is 0 Å². The summed E-state index contributed by atoms with van der Waals surface area (Å²) in [6.07, 6.45) is 9.20.